The molecule has 67 valence electrons. The van der Waals surface area contributed by atoms with Crippen molar-refractivity contribution < 1.29 is 0 Å². The van der Waals surface area contributed by atoms with E-state index < -0.39 is 0 Å². The fraction of sp³-hybridized carbons (Fsp3) is 0.900. The van der Waals surface area contributed by atoms with Crippen molar-refractivity contribution in [3.05, 3.63) is 6.92 Å². The van der Waals surface area contributed by atoms with Gasteiger partial charge in [-0.2, -0.15) is 0 Å². The van der Waals surface area contributed by atoms with Gasteiger partial charge in [0.05, 0.1) is 0 Å². The summed E-state index contributed by atoms with van der Waals surface area (Å²) in [4.78, 5) is 0. The van der Waals surface area contributed by atoms with Gasteiger partial charge in [-0.1, -0.05) is 0 Å². The van der Waals surface area contributed by atoms with E-state index in [1.54, 1.807) is 0 Å². The average molecular weight is 269 g/mol. The molecule has 1 radical (unpaired) electrons. The summed E-state index contributed by atoms with van der Waals surface area (Å²) in [6.07, 6.45) is 11.1. The molecule has 0 saturated heterocycles. The summed E-state index contributed by atoms with van der Waals surface area (Å²) in [5, 5.41) is 0. The molecule has 0 aromatic rings. The van der Waals surface area contributed by atoms with E-state index in [1.165, 1.54) is 49.4 Å². The van der Waals surface area contributed by atoms with Gasteiger partial charge in [-0.3, -0.25) is 0 Å². The molecule has 0 bridgehead atoms. The maximum absolute atomic E-state index is 3.83. The summed E-state index contributed by atoms with van der Waals surface area (Å²) in [6.45, 7) is 3.83. The first-order chi connectivity index (χ1) is 5.41. The van der Waals surface area contributed by atoms with Crippen LogP contribution in [0.15, 0.2) is 0 Å². The fourth-order valence-electron chi connectivity index (χ4n) is 1.17. The molecule has 0 aliphatic heterocycles. The van der Waals surface area contributed by atoms with Crippen molar-refractivity contribution in [3.8, 4) is 0 Å². The Morgan fingerprint density at radius 3 is 1.64 bits per heavy atom. The number of hydrogen-bond donors (Lipinski definition) is 0. The van der Waals surface area contributed by atoms with E-state index in [9.17, 15) is 0 Å². The Labute approximate surface area is 85.0 Å². The Morgan fingerprint density at radius 2 is 1.18 bits per heavy atom. The molecule has 0 unspecified atom stereocenters. The van der Waals surface area contributed by atoms with Gasteiger partial charge in [0.2, 0.25) is 0 Å². The van der Waals surface area contributed by atoms with Gasteiger partial charge in [-0.05, 0) is 0 Å². The molecule has 11 heavy (non-hydrogen) atoms. The Bertz CT molecular complexity index is 53.9. The van der Waals surface area contributed by atoms with Crippen LogP contribution in [0.4, 0.5) is 0 Å². The SMILES string of the molecule is [CH2]CCCCCCCCC[TeH]. The van der Waals surface area contributed by atoms with Crippen molar-refractivity contribution in [2.24, 2.45) is 0 Å². The minimum atomic E-state index is 1.12. The van der Waals surface area contributed by atoms with Gasteiger partial charge in [0, 0.05) is 0 Å². The second kappa shape index (κ2) is 10.8. The monoisotopic (exact) mass is 271 g/mol. The molecular weight excluding hydrogens is 248 g/mol. The first-order valence-corrected chi connectivity index (χ1v) is 6.62. The summed E-state index contributed by atoms with van der Waals surface area (Å²) in [7, 11) is 0. The van der Waals surface area contributed by atoms with E-state index in [2.05, 4.69) is 6.92 Å². The Balaban J connectivity index is 2.69. The van der Waals surface area contributed by atoms with Crippen LogP contribution in [0.1, 0.15) is 51.4 Å². The van der Waals surface area contributed by atoms with Gasteiger partial charge in [0.25, 0.3) is 0 Å². The van der Waals surface area contributed by atoms with E-state index >= 15 is 0 Å². The van der Waals surface area contributed by atoms with Gasteiger partial charge in [0.15, 0.2) is 0 Å². The molecule has 0 aliphatic carbocycles. The predicted molar refractivity (Wildman–Crippen MR) is 54.2 cm³/mol. The Kier molecular flexibility index (Phi) is 11.6. The predicted octanol–water partition coefficient (Wildman–Crippen LogP) is 3.26. The number of rotatable bonds is 8. The summed E-state index contributed by atoms with van der Waals surface area (Å²) in [5.41, 5.74) is 0. The van der Waals surface area contributed by atoms with Gasteiger partial charge >= 0.3 is 85.1 Å². The molecule has 0 atom stereocenters. The zero-order valence-electron chi connectivity index (χ0n) is 7.52. The quantitative estimate of drug-likeness (QED) is 0.468. The third-order valence-electron chi connectivity index (χ3n) is 1.91. The maximum atomic E-state index is 3.83. The molecule has 0 nitrogen and oxygen atoms in total. The molecule has 0 fully saturated rings. The molecule has 0 aromatic heterocycles. The summed E-state index contributed by atoms with van der Waals surface area (Å²) in [5.74, 6) is 0. The van der Waals surface area contributed by atoms with Crippen LogP contribution < -0.4 is 0 Å². The standard InChI is InChI=1S/C10H21Te/c1-2-3-4-5-6-7-8-9-10-11/h11H,1-10H2. The van der Waals surface area contributed by atoms with Crippen molar-refractivity contribution in [1.29, 1.82) is 0 Å². The van der Waals surface area contributed by atoms with Crippen LogP contribution in [0.25, 0.3) is 0 Å². The van der Waals surface area contributed by atoms with E-state index in [4.69, 9.17) is 0 Å². The first kappa shape index (κ1) is 11.8. The van der Waals surface area contributed by atoms with Crippen molar-refractivity contribution in [3.63, 3.8) is 0 Å². The van der Waals surface area contributed by atoms with Crippen LogP contribution in [0, 0.1) is 6.92 Å². The van der Waals surface area contributed by atoms with Gasteiger partial charge in [-0.25, -0.2) is 0 Å². The molecule has 0 rings (SSSR count). The topological polar surface area (TPSA) is 0 Å². The molecule has 0 saturated carbocycles. The normalized spacial score (nSPS) is 10.4. The van der Waals surface area contributed by atoms with Crippen molar-refractivity contribution in [1.82, 2.24) is 0 Å². The van der Waals surface area contributed by atoms with Crippen LogP contribution in [-0.4, -0.2) is 22.3 Å². The number of hydrogen-bond acceptors (Lipinski definition) is 0. The van der Waals surface area contributed by atoms with Gasteiger partial charge in [0.1, 0.15) is 0 Å². The molecule has 0 aromatic carbocycles. The summed E-state index contributed by atoms with van der Waals surface area (Å²) in [6, 6.07) is 0. The number of unbranched alkanes of at least 4 members (excludes halogenated alkanes) is 7. The molecular formula is C10H21Te. The first-order valence-electron chi connectivity index (χ1n) is 4.82. The molecule has 0 amide bonds. The van der Waals surface area contributed by atoms with Gasteiger partial charge < -0.3 is 0 Å². The molecule has 0 heterocycles. The van der Waals surface area contributed by atoms with Crippen molar-refractivity contribution in [2.75, 3.05) is 0 Å². The second-order valence-electron chi connectivity index (χ2n) is 3.05. The van der Waals surface area contributed by atoms with Crippen LogP contribution in [0.2, 0.25) is 4.47 Å². The van der Waals surface area contributed by atoms with Crippen molar-refractivity contribution in [2.45, 2.75) is 55.8 Å². The van der Waals surface area contributed by atoms with Crippen molar-refractivity contribution >= 4 is 22.3 Å². The van der Waals surface area contributed by atoms with Crippen LogP contribution in [0.5, 0.6) is 0 Å². The van der Waals surface area contributed by atoms with E-state index in [1.807, 2.05) is 22.3 Å². The zero-order chi connectivity index (χ0) is 8.36. The van der Waals surface area contributed by atoms with E-state index in [0.29, 0.717) is 0 Å². The van der Waals surface area contributed by atoms with E-state index in [0.717, 1.165) is 6.42 Å². The average Bonchev–Trinajstić information content (AvgIpc) is 2.03. The minimum absolute atomic E-state index is 1.12. The molecule has 0 aliphatic rings. The van der Waals surface area contributed by atoms with Crippen LogP contribution in [-0.2, 0) is 0 Å². The Morgan fingerprint density at radius 1 is 0.727 bits per heavy atom. The van der Waals surface area contributed by atoms with Crippen LogP contribution >= 0.6 is 0 Å². The Hall–Kier alpha value is 0.790. The summed E-state index contributed by atoms with van der Waals surface area (Å²) >= 11 is 1.96. The van der Waals surface area contributed by atoms with E-state index in [-0.39, 0.29) is 0 Å². The van der Waals surface area contributed by atoms with Gasteiger partial charge in [-0.15, -0.1) is 0 Å². The second-order valence-corrected chi connectivity index (χ2v) is 4.33. The zero-order valence-corrected chi connectivity index (χ0v) is 10.1. The molecule has 0 N–H and O–H groups in total. The van der Waals surface area contributed by atoms with Crippen LogP contribution in [0.3, 0.4) is 0 Å². The third-order valence-corrected chi connectivity index (χ3v) is 2.81. The molecule has 1 heteroatoms. The third kappa shape index (κ3) is 10.8. The molecule has 0 spiro atoms. The fourth-order valence-corrected chi connectivity index (χ4v) is 1.81. The summed E-state index contributed by atoms with van der Waals surface area (Å²) < 4.78 is 1.41.